The first kappa shape index (κ1) is 19.7. The summed E-state index contributed by atoms with van der Waals surface area (Å²) in [6.07, 6.45) is 0. The minimum Gasteiger partial charge on any atom is -0.450 e. The second-order valence-electron chi connectivity index (χ2n) is 7.12. The number of nitrogens with zero attached hydrogens (tertiary/aromatic N) is 2. The largest absolute Gasteiger partial charge is 0.450 e. The predicted octanol–water partition coefficient (Wildman–Crippen LogP) is 6.06. The summed E-state index contributed by atoms with van der Waals surface area (Å²) in [5.41, 5.74) is 6.22. The van der Waals surface area contributed by atoms with Gasteiger partial charge in [-0.25, -0.2) is 0 Å². The number of benzene rings is 2. The van der Waals surface area contributed by atoms with E-state index in [2.05, 4.69) is 52.8 Å². The molecule has 0 fully saturated rings. The number of aromatic nitrogens is 2. The molecule has 2 aromatic heterocycles. The van der Waals surface area contributed by atoms with Gasteiger partial charge in [-0.15, -0.1) is 10.2 Å². The van der Waals surface area contributed by atoms with Gasteiger partial charge in [-0.1, -0.05) is 59.0 Å². The van der Waals surface area contributed by atoms with Crippen molar-refractivity contribution in [3.63, 3.8) is 0 Å². The highest BCUT2D eigenvalue weighted by atomic mass is 32.2. The summed E-state index contributed by atoms with van der Waals surface area (Å²) in [5.74, 6) is 0.823. The second-order valence-corrected chi connectivity index (χ2v) is 9.32. The van der Waals surface area contributed by atoms with Crippen molar-refractivity contribution in [2.24, 2.45) is 0 Å². The summed E-state index contributed by atoms with van der Waals surface area (Å²) in [7, 11) is 0. The van der Waals surface area contributed by atoms with Crippen LogP contribution in [0, 0.1) is 27.7 Å². The monoisotopic (exact) mass is 423 g/mol. The Balaban J connectivity index is 1.46. The molecule has 0 aliphatic heterocycles. The number of nitrogens with one attached hydrogen (secondary N) is 1. The number of hydrogen-bond acceptors (Lipinski definition) is 6. The zero-order valence-corrected chi connectivity index (χ0v) is 18.3. The molecule has 2 aromatic carbocycles. The Morgan fingerprint density at radius 1 is 1.07 bits per heavy atom. The third-order valence-electron chi connectivity index (χ3n) is 4.68. The normalized spacial score (nSPS) is 11.2. The molecule has 4 rings (SSSR count). The lowest BCUT2D eigenvalue weighted by atomic mass is 10.1. The molecule has 1 N–H and O–H groups in total. The number of aryl methyl sites for hydroxylation is 4. The molecule has 0 saturated carbocycles. The van der Waals surface area contributed by atoms with E-state index in [-0.39, 0.29) is 5.91 Å². The SMILES string of the molecule is Cc1ccc(CSc2nnc(NC(=O)c3oc4c(C)cc(C)cc4c3C)s2)cc1. The van der Waals surface area contributed by atoms with Gasteiger partial charge in [0.2, 0.25) is 5.13 Å². The second kappa shape index (κ2) is 8.00. The molecule has 7 heteroatoms. The van der Waals surface area contributed by atoms with E-state index in [9.17, 15) is 4.79 Å². The maximum Gasteiger partial charge on any atom is 0.293 e. The highest BCUT2D eigenvalue weighted by Crippen LogP contribution is 2.31. The molecule has 1 amide bonds. The maximum atomic E-state index is 12.7. The van der Waals surface area contributed by atoms with Crippen molar-refractivity contribution in [3.05, 3.63) is 70.0 Å². The average molecular weight is 424 g/mol. The van der Waals surface area contributed by atoms with Crippen molar-refractivity contribution < 1.29 is 9.21 Å². The summed E-state index contributed by atoms with van der Waals surface area (Å²) in [6, 6.07) is 12.5. The van der Waals surface area contributed by atoms with Gasteiger partial charge in [-0.3, -0.25) is 10.1 Å². The third-order valence-corrected chi connectivity index (χ3v) is 6.73. The van der Waals surface area contributed by atoms with E-state index in [4.69, 9.17) is 4.42 Å². The fraction of sp³-hybridized carbons (Fsp3) is 0.227. The summed E-state index contributed by atoms with van der Waals surface area (Å²) >= 11 is 2.97. The van der Waals surface area contributed by atoms with Gasteiger partial charge >= 0.3 is 0 Å². The molecule has 0 atom stereocenters. The number of fused-ring (bicyclic) bond motifs is 1. The van der Waals surface area contributed by atoms with Crippen LogP contribution < -0.4 is 5.32 Å². The first-order chi connectivity index (χ1) is 13.9. The van der Waals surface area contributed by atoms with Crippen molar-refractivity contribution in [3.8, 4) is 0 Å². The fourth-order valence-electron chi connectivity index (χ4n) is 3.19. The van der Waals surface area contributed by atoms with E-state index in [0.29, 0.717) is 10.9 Å². The van der Waals surface area contributed by atoms with Crippen LogP contribution in [0.15, 0.2) is 45.2 Å². The average Bonchev–Trinajstić information content (AvgIpc) is 3.26. The van der Waals surface area contributed by atoms with Gasteiger partial charge in [0.15, 0.2) is 10.1 Å². The molecule has 0 bridgehead atoms. The Bertz CT molecular complexity index is 1190. The molecule has 5 nitrogen and oxygen atoms in total. The minimum absolute atomic E-state index is 0.304. The van der Waals surface area contributed by atoms with E-state index in [0.717, 1.165) is 37.8 Å². The standard InChI is InChI=1S/C22H21N3O2S2/c1-12-5-7-16(8-6-12)11-28-22-25-24-21(29-22)23-20(26)19-15(4)17-10-13(2)9-14(3)18(17)27-19/h5-10H,11H2,1-4H3,(H,23,24,26). The number of anilines is 1. The number of furan rings is 1. The van der Waals surface area contributed by atoms with Crippen LogP contribution in [0.3, 0.4) is 0 Å². The van der Waals surface area contributed by atoms with Crippen LogP contribution in [-0.4, -0.2) is 16.1 Å². The maximum absolute atomic E-state index is 12.7. The Labute approximate surface area is 177 Å². The molecule has 2 heterocycles. The molecule has 0 saturated heterocycles. The quantitative estimate of drug-likeness (QED) is 0.312. The van der Waals surface area contributed by atoms with Crippen LogP contribution in [-0.2, 0) is 5.75 Å². The molecular formula is C22H21N3O2S2. The predicted molar refractivity (Wildman–Crippen MR) is 119 cm³/mol. The van der Waals surface area contributed by atoms with Gasteiger partial charge in [0.25, 0.3) is 5.91 Å². The Kier molecular flexibility index (Phi) is 5.43. The molecule has 0 spiro atoms. The highest BCUT2D eigenvalue weighted by molar-refractivity contribution is 8.00. The van der Waals surface area contributed by atoms with Crippen molar-refractivity contribution >= 4 is 45.1 Å². The van der Waals surface area contributed by atoms with Crippen molar-refractivity contribution in [2.75, 3.05) is 5.32 Å². The van der Waals surface area contributed by atoms with Gasteiger partial charge in [-0.05, 0) is 50.5 Å². The minimum atomic E-state index is -0.304. The third kappa shape index (κ3) is 4.21. The van der Waals surface area contributed by atoms with Crippen LogP contribution in [0.5, 0.6) is 0 Å². The number of amides is 1. The van der Waals surface area contributed by atoms with Crippen LogP contribution >= 0.6 is 23.1 Å². The van der Waals surface area contributed by atoms with E-state index in [1.165, 1.54) is 22.5 Å². The molecule has 29 heavy (non-hydrogen) atoms. The number of carbonyl (C=O) groups excluding carboxylic acids is 1. The van der Waals surface area contributed by atoms with Crippen LogP contribution in [0.4, 0.5) is 5.13 Å². The summed E-state index contributed by atoms with van der Waals surface area (Å²) < 4.78 is 6.69. The number of rotatable bonds is 5. The van der Waals surface area contributed by atoms with E-state index < -0.39 is 0 Å². The van der Waals surface area contributed by atoms with E-state index >= 15 is 0 Å². The zero-order valence-electron chi connectivity index (χ0n) is 16.7. The molecule has 4 aromatic rings. The Hall–Kier alpha value is -2.64. The van der Waals surface area contributed by atoms with Crippen LogP contribution in [0.2, 0.25) is 0 Å². The lowest BCUT2D eigenvalue weighted by molar-refractivity contribution is 0.0998. The number of hydrogen-bond donors (Lipinski definition) is 1. The molecule has 0 unspecified atom stereocenters. The molecular weight excluding hydrogens is 402 g/mol. The smallest absolute Gasteiger partial charge is 0.293 e. The van der Waals surface area contributed by atoms with E-state index in [1.54, 1.807) is 11.8 Å². The topological polar surface area (TPSA) is 68.0 Å². The fourth-order valence-corrected chi connectivity index (χ4v) is 4.89. The number of thioether (sulfide) groups is 1. The van der Waals surface area contributed by atoms with Crippen molar-refractivity contribution in [1.82, 2.24) is 10.2 Å². The van der Waals surface area contributed by atoms with Gasteiger partial charge in [0, 0.05) is 16.7 Å². The van der Waals surface area contributed by atoms with Gasteiger partial charge in [0.05, 0.1) is 0 Å². The van der Waals surface area contributed by atoms with Crippen LogP contribution in [0.25, 0.3) is 11.0 Å². The Morgan fingerprint density at radius 3 is 2.59 bits per heavy atom. The van der Waals surface area contributed by atoms with Crippen LogP contribution in [0.1, 0.15) is 38.4 Å². The first-order valence-electron chi connectivity index (χ1n) is 9.24. The van der Waals surface area contributed by atoms with Crippen molar-refractivity contribution in [2.45, 2.75) is 37.8 Å². The van der Waals surface area contributed by atoms with E-state index in [1.807, 2.05) is 26.8 Å². The zero-order chi connectivity index (χ0) is 20.5. The number of carbonyl (C=O) groups is 1. The Morgan fingerprint density at radius 2 is 1.83 bits per heavy atom. The molecule has 0 aliphatic rings. The summed E-state index contributed by atoms with van der Waals surface area (Å²) in [6.45, 7) is 8.00. The molecule has 148 valence electrons. The molecule has 0 radical (unpaired) electrons. The summed E-state index contributed by atoms with van der Waals surface area (Å²) in [5, 5.41) is 12.5. The molecule has 0 aliphatic carbocycles. The van der Waals surface area contributed by atoms with Gasteiger partial charge in [-0.2, -0.15) is 0 Å². The van der Waals surface area contributed by atoms with Crippen molar-refractivity contribution in [1.29, 1.82) is 0 Å². The lowest BCUT2D eigenvalue weighted by Gasteiger charge is -1.99. The van der Waals surface area contributed by atoms with Gasteiger partial charge < -0.3 is 4.42 Å². The highest BCUT2D eigenvalue weighted by Gasteiger charge is 2.20. The van der Waals surface area contributed by atoms with Gasteiger partial charge in [0.1, 0.15) is 5.58 Å². The lowest BCUT2D eigenvalue weighted by Crippen LogP contribution is -2.11. The first-order valence-corrected chi connectivity index (χ1v) is 11.0. The summed E-state index contributed by atoms with van der Waals surface area (Å²) in [4.78, 5) is 12.7.